The normalized spacial score (nSPS) is 10.7. The zero-order valence-corrected chi connectivity index (χ0v) is 11.5. The number of hydrogen-bond donors (Lipinski definition) is 1. The van der Waals surface area contributed by atoms with Gasteiger partial charge in [0.05, 0.1) is 30.1 Å². The molecular formula is C13H16ClN3O. The molecule has 0 aliphatic heterocycles. The second kappa shape index (κ2) is 5.00. The number of halogens is 1. The third kappa shape index (κ3) is 2.09. The van der Waals surface area contributed by atoms with E-state index in [-0.39, 0.29) is 0 Å². The van der Waals surface area contributed by atoms with Crippen molar-refractivity contribution < 1.29 is 4.74 Å². The summed E-state index contributed by atoms with van der Waals surface area (Å²) in [6.45, 7) is 2.36. The van der Waals surface area contributed by atoms with E-state index in [2.05, 4.69) is 4.98 Å². The zero-order chi connectivity index (χ0) is 13.3. The second-order valence-corrected chi connectivity index (χ2v) is 4.48. The van der Waals surface area contributed by atoms with Crippen molar-refractivity contribution in [1.29, 1.82) is 0 Å². The Morgan fingerprint density at radius 2 is 2.17 bits per heavy atom. The van der Waals surface area contributed by atoms with Gasteiger partial charge in [0.15, 0.2) is 0 Å². The fourth-order valence-corrected chi connectivity index (χ4v) is 2.33. The molecule has 2 N–H and O–H groups in total. The number of imidazole rings is 1. The Hall–Kier alpha value is -1.52. The number of methoxy groups -OCH3 is 1. The number of benzene rings is 1. The van der Waals surface area contributed by atoms with Crippen molar-refractivity contribution in [2.24, 2.45) is 12.8 Å². The summed E-state index contributed by atoms with van der Waals surface area (Å²) >= 11 is 6.29. The lowest BCUT2D eigenvalue weighted by molar-refractivity contribution is 0.415. The maximum atomic E-state index is 6.29. The summed E-state index contributed by atoms with van der Waals surface area (Å²) in [4.78, 5) is 4.44. The lowest BCUT2D eigenvalue weighted by atomic mass is 10.1. The molecule has 0 aliphatic carbocycles. The minimum absolute atomic E-state index is 0.408. The van der Waals surface area contributed by atoms with Gasteiger partial charge in [0.2, 0.25) is 0 Å². The quantitative estimate of drug-likeness (QED) is 0.928. The Balaban J connectivity index is 2.58. The van der Waals surface area contributed by atoms with Gasteiger partial charge >= 0.3 is 0 Å². The summed E-state index contributed by atoms with van der Waals surface area (Å²) in [5.74, 6) is 1.58. The number of aromatic nitrogens is 2. The van der Waals surface area contributed by atoms with Crippen LogP contribution in [0.3, 0.4) is 0 Å². The predicted octanol–water partition coefficient (Wildman–Crippen LogP) is 2.52. The third-order valence-corrected chi connectivity index (χ3v) is 3.29. The summed E-state index contributed by atoms with van der Waals surface area (Å²) in [5, 5.41) is 0.643. The first-order valence-corrected chi connectivity index (χ1v) is 6.02. The van der Waals surface area contributed by atoms with Crippen LogP contribution in [0, 0.1) is 6.92 Å². The van der Waals surface area contributed by atoms with Gasteiger partial charge in [0, 0.05) is 12.6 Å². The summed E-state index contributed by atoms with van der Waals surface area (Å²) in [7, 11) is 3.56. The van der Waals surface area contributed by atoms with Crippen LogP contribution in [0.1, 0.15) is 11.5 Å². The highest BCUT2D eigenvalue weighted by Gasteiger charge is 2.15. The van der Waals surface area contributed by atoms with E-state index < -0.39 is 0 Å². The fraction of sp³-hybridized carbons (Fsp3) is 0.308. The lowest BCUT2D eigenvalue weighted by Gasteiger charge is -2.09. The molecule has 0 spiro atoms. The smallest absolute Gasteiger partial charge is 0.122 e. The standard InChI is InChI=1S/C13H16ClN3O/c1-8-13(17(2)12(7-15)16-8)10-5-4-9(18-3)6-11(10)14/h4-6H,7,15H2,1-3H3. The van der Waals surface area contributed by atoms with Crippen LogP contribution in [-0.2, 0) is 13.6 Å². The molecule has 0 saturated carbocycles. The van der Waals surface area contributed by atoms with Gasteiger partial charge in [-0.1, -0.05) is 11.6 Å². The number of ether oxygens (including phenoxy) is 1. The van der Waals surface area contributed by atoms with Gasteiger partial charge in [-0.15, -0.1) is 0 Å². The fourth-order valence-electron chi connectivity index (χ4n) is 2.07. The molecule has 0 bridgehead atoms. The van der Waals surface area contributed by atoms with Crippen molar-refractivity contribution in [1.82, 2.24) is 9.55 Å². The van der Waals surface area contributed by atoms with E-state index in [1.54, 1.807) is 13.2 Å². The second-order valence-electron chi connectivity index (χ2n) is 4.07. The van der Waals surface area contributed by atoms with Crippen molar-refractivity contribution >= 4 is 11.6 Å². The number of hydrogen-bond acceptors (Lipinski definition) is 3. The Bertz CT molecular complexity index is 578. The monoisotopic (exact) mass is 265 g/mol. The number of aryl methyl sites for hydroxylation is 1. The van der Waals surface area contributed by atoms with Crippen LogP contribution >= 0.6 is 11.6 Å². The molecule has 1 heterocycles. The van der Waals surface area contributed by atoms with Crippen LogP contribution < -0.4 is 10.5 Å². The third-order valence-electron chi connectivity index (χ3n) is 2.98. The molecule has 0 unspecified atom stereocenters. The molecule has 0 saturated heterocycles. The van der Waals surface area contributed by atoms with E-state index in [1.165, 1.54) is 0 Å². The molecule has 1 aromatic heterocycles. The van der Waals surface area contributed by atoms with E-state index in [0.29, 0.717) is 11.6 Å². The van der Waals surface area contributed by atoms with Crippen LogP contribution in [0.2, 0.25) is 5.02 Å². The predicted molar refractivity (Wildman–Crippen MR) is 72.8 cm³/mol. The van der Waals surface area contributed by atoms with E-state index >= 15 is 0 Å². The largest absolute Gasteiger partial charge is 0.497 e. The average molecular weight is 266 g/mol. The van der Waals surface area contributed by atoms with Gasteiger partial charge in [-0.25, -0.2) is 4.98 Å². The first kappa shape index (κ1) is 12.9. The van der Waals surface area contributed by atoms with E-state index in [9.17, 15) is 0 Å². The minimum Gasteiger partial charge on any atom is -0.497 e. The summed E-state index contributed by atoms with van der Waals surface area (Å²) < 4.78 is 7.12. The van der Waals surface area contributed by atoms with Crippen molar-refractivity contribution in [2.75, 3.05) is 7.11 Å². The van der Waals surface area contributed by atoms with Crippen molar-refractivity contribution in [2.45, 2.75) is 13.5 Å². The molecule has 2 aromatic rings. The summed E-state index contributed by atoms with van der Waals surface area (Å²) in [5.41, 5.74) is 8.50. The molecule has 2 rings (SSSR count). The topological polar surface area (TPSA) is 53.1 Å². The lowest BCUT2D eigenvalue weighted by Crippen LogP contribution is -2.05. The molecule has 18 heavy (non-hydrogen) atoms. The van der Waals surface area contributed by atoms with Crippen LogP contribution in [0.5, 0.6) is 5.75 Å². The number of nitrogens with zero attached hydrogens (tertiary/aromatic N) is 2. The van der Waals surface area contributed by atoms with Gasteiger partial charge in [-0.2, -0.15) is 0 Å². The molecule has 0 radical (unpaired) electrons. The van der Waals surface area contributed by atoms with Gasteiger partial charge < -0.3 is 15.0 Å². The van der Waals surface area contributed by atoms with Crippen LogP contribution in [0.4, 0.5) is 0 Å². The molecular weight excluding hydrogens is 250 g/mol. The zero-order valence-electron chi connectivity index (χ0n) is 10.7. The highest BCUT2D eigenvalue weighted by molar-refractivity contribution is 6.33. The maximum Gasteiger partial charge on any atom is 0.122 e. The summed E-state index contributed by atoms with van der Waals surface area (Å²) in [6, 6.07) is 5.62. The van der Waals surface area contributed by atoms with Crippen molar-refractivity contribution in [3.63, 3.8) is 0 Å². The van der Waals surface area contributed by atoms with Gasteiger partial charge in [0.25, 0.3) is 0 Å². The molecule has 4 nitrogen and oxygen atoms in total. The number of nitrogens with two attached hydrogens (primary N) is 1. The van der Waals surface area contributed by atoms with Crippen LogP contribution in [0.15, 0.2) is 18.2 Å². The maximum absolute atomic E-state index is 6.29. The first-order chi connectivity index (χ1) is 8.58. The van der Waals surface area contributed by atoms with Crippen LogP contribution in [0.25, 0.3) is 11.3 Å². The molecule has 0 fully saturated rings. The average Bonchev–Trinajstić information content (AvgIpc) is 2.64. The van der Waals surface area contributed by atoms with E-state index in [0.717, 1.165) is 28.5 Å². The van der Waals surface area contributed by atoms with Crippen LogP contribution in [-0.4, -0.2) is 16.7 Å². The Labute approximate surface area is 111 Å². The molecule has 96 valence electrons. The molecule has 0 amide bonds. The Morgan fingerprint density at radius 3 is 2.67 bits per heavy atom. The van der Waals surface area contributed by atoms with E-state index in [1.807, 2.05) is 30.7 Å². The minimum atomic E-state index is 0.408. The SMILES string of the molecule is COc1ccc(-c2c(C)nc(CN)n2C)c(Cl)c1. The highest BCUT2D eigenvalue weighted by atomic mass is 35.5. The van der Waals surface area contributed by atoms with Gasteiger partial charge in [-0.3, -0.25) is 0 Å². The molecule has 5 heteroatoms. The highest BCUT2D eigenvalue weighted by Crippen LogP contribution is 2.33. The first-order valence-electron chi connectivity index (χ1n) is 5.64. The van der Waals surface area contributed by atoms with Crippen molar-refractivity contribution in [3.8, 4) is 17.0 Å². The molecule has 0 aliphatic rings. The van der Waals surface area contributed by atoms with E-state index in [4.69, 9.17) is 22.1 Å². The van der Waals surface area contributed by atoms with Crippen molar-refractivity contribution in [3.05, 3.63) is 34.7 Å². The Morgan fingerprint density at radius 1 is 1.44 bits per heavy atom. The number of rotatable bonds is 3. The van der Waals surface area contributed by atoms with Gasteiger partial charge in [-0.05, 0) is 25.1 Å². The summed E-state index contributed by atoms with van der Waals surface area (Å²) in [6.07, 6.45) is 0. The van der Waals surface area contributed by atoms with Gasteiger partial charge in [0.1, 0.15) is 11.6 Å². The molecule has 0 atom stereocenters. The Kier molecular flexibility index (Phi) is 3.59. The molecule has 1 aromatic carbocycles.